The molecule has 1 heterocycles. The first-order chi connectivity index (χ1) is 9.65. The summed E-state index contributed by atoms with van der Waals surface area (Å²) < 4.78 is 0. The van der Waals surface area contributed by atoms with Crippen LogP contribution >= 0.6 is 0 Å². The van der Waals surface area contributed by atoms with Crippen molar-refractivity contribution in [2.45, 2.75) is 13.5 Å². The van der Waals surface area contributed by atoms with Gasteiger partial charge in [-0.25, -0.2) is 0 Å². The number of piperazine rings is 1. The smallest absolute Gasteiger partial charge is 0.293 e. The number of nitrogens with two attached hydrogens (primary N) is 1. The first-order valence-corrected chi connectivity index (χ1v) is 6.83. The van der Waals surface area contributed by atoms with Crippen molar-refractivity contribution in [3.63, 3.8) is 0 Å². The summed E-state index contributed by atoms with van der Waals surface area (Å²) in [4.78, 5) is 15.3. The van der Waals surface area contributed by atoms with E-state index >= 15 is 0 Å². The van der Waals surface area contributed by atoms with Gasteiger partial charge >= 0.3 is 0 Å². The average Bonchev–Trinajstić information content (AvgIpc) is 2.47. The topological polar surface area (TPSA) is 87.7 Å². The molecule has 0 aliphatic carbocycles. The van der Waals surface area contributed by atoms with Crippen molar-refractivity contribution in [1.29, 1.82) is 0 Å². The summed E-state index contributed by atoms with van der Waals surface area (Å²) in [5.74, 6) is 5.46. The number of rotatable bonds is 5. The van der Waals surface area contributed by atoms with Crippen LogP contribution in [0.3, 0.4) is 0 Å². The summed E-state index contributed by atoms with van der Waals surface area (Å²) in [7, 11) is 0. The number of nitrogens with zero attached hydrogens (tertiary/aromatic N) is 3. The highest BCUT2D eigenvalue weighted by Crippen LogP contribution is 2.28. The van der Waals surface area contributed by atoms with Crippen LogP contribution in [0, 0.1) is 10.1 Å². The van der Waals surface area contributed by atoms with Gasteiger partial charge in [-0.3, -0.25) is 20.9 Å². The van der Waals surface area contributed by atoms with Gasteiger partial charge < -0.3 is 10.3 Å². The second kappa shape index (κ2) is 6.65. The van der Waals surface area contributed by atoms with Crippen LogP contribution in [0.2, 0.25) is 0 Å². The number of nitrogens with one attached hydrogen (secondary N) is 1. The van der Waals surface area contributed by atoms with E-state index < -0.39 is 4.92 Å². The fourth-order valence-electron chi connectivity index (χ4n) is 2.54. The maximum absolute atomic E-state index is 11.0. The van der Waals surface area contributed by atoms with Gasteiger partial charge in [0.05, 0.1) is 4.92 Å². The van der Waals surface area contributed by atoms with Gasteiger partial charge in [0.2, 0.25) is 0 Å². The van der Waals surface area contributed by atoms with Gasteiger partial charge in [0.1, 0.15) is 5.69 Å². The molecule has 0 atom stereocenters. The van der Waals surface area contributed by atoms with Crippen molar-refractivity contribution in [1.82, 2.24) is 9.80 Å². The number of nitrogen functional groups attached to an aromatic ring is 1. The van der Waals surface area contributed by atoms with Crippen LogP contribution in [0.1, 0.15) is 12.5 Å². The van der Waals surface area contributed by atoms with Crippen LogP contribution in [0.5, 0.6) is 0 Å². The molecule has 0 bridgehead atoms. The number of anilines is 1. The molecule has 3 N–H and O–H groups in total. The molecule has 0 unspecified atom stereocenters. The van der Waals surface area contributed by atoms with E-state index in [1.54, 1.807) is 6.07 Å². The van der Waals surface area contributed by atoms with E-state index in [2.05, 4.69) is 22.1 Å². The van der Waals surface area contributed by atoms with Crippen molar-refractivity contribution in [2.24, 2.45) is 5.84 Å². The Morgan fingerprint density at radius 2 is 1.95 bits per heavy atom. The molecule has 1 aliphatic rings. The van der Waals surface area contributed by atoms with Crippen LogP contribution < -0.4 is 11.3 Å². The van der Waals surface area contributed by atoms with E-state index in [4.69, 9.17) is 5.84 Å². The fourth-order valence-corrected chi connectivity index (χ4v) is 2.54. The number of likely N-dealkylation sites (N-methyl/N-ethyl adjacent to an activating group) is 1. The highest BCUT2D eigenvalue weighted by molar-refractivity contribution is 5.65. The van der Waals surface area contributed by atoms with Gasteiger partial charge in [-0.2, -0.15) is 0 Å². The predicted molar refractivity (Wildman–Crippen MR) is 78.3 cm³/mol. The van der Waals surface area contributed by atoms with Crippen molar-refractivity contribution < 1.29 is 4.92 Å². The van der Waals surface area contributed by atoms with Crippen molar-refractivity contribution in [3.8, 4) is 0 Å². The lowest BCUT2D eigenvalue weighted by Crippen LogP contribution is -2.45. The standard InChI is InChI=1S/C13H21N5O2/c1-2-16-6-8-17(9-7-16)10-11-4-3-5-12(18(19)20)13(11)15-14/h3-5,15H,2,6-10,14H2,1H3. The highest BCUT2D eigenvalue weighted by Gasteiger charge is 2.20. The second-order valence-corrected chi connectivity index (χ2v) is 4.92. The first kappa shape index (κ1) is 14.7. The molecule has 0 spiro atoms. The molecule has 0 saturated carbocycles. The van der Waals surface area contributed by atoms with Gasteiger partial charge in [-0.05, 0) is 12.1 Å². The number of hydrogen-bond acceptors (Lipinski definition) is 6. The minimum absolute atomic E-state index is 0.0252. The maximum atomic E-state index is 11.0. The molecule has 1 fully saturated rings. The van der Waals surface area contributed by atoms with Crippen molar-refractivity contribution in [3.05, 3.63) is 33.9 Å². The lowest BCUT2D eigenvalue weighted by Gasteiger charge is -2.34. The molecule has 1 aromatic carbocycles. The Morgan fingerprint density at radius 3 is 2.50 bits per heavy atom. The van der Waals surface area contributed by atoms with Crippen LogP contribution in [-0.2, 0) is 6.54 Å². The zero-order valence-electron chi connectivity index (χ0n) is 11.7. The van der Waals surface area contributed by atoms with Crippen LogP contribution in [0.15, 0.2) is 18.2 Å². The molecular formula is C13H21N5O2. The Labute approximate surface area is 118 Å². The van der Waals surface area contributed by atoms with Gasteiger partial charge in [0.25, 0.3) is 5.69 Å². The fraction of sp³-hybridized carbons (Fsp3) is 0.538. The number of nitro benzene ring substituents is 1. The minimum atomic E-state index is -0.409. The Balaban J connectivity index is 2.10. The molecule has 0 aromatic heterocycles. The first-order valence-electron chi connectivity index (χ1n) is 6.83. The summed E-state index contributed by atoms with van der Waals surface area (Å²) in [6.45, 7) is 7.93. The third-order valence-electron chi connectivity index (χ3n) is 3.78. The Kier molecular flexibility index (Phi) is 4.89. The molecule has 110 valence electrons. The SMILES string of the molecule is CCN1CCN(Cc2cccc([N+](=O)[O-])c2NN)CC1. The van der Waals surface area contributed by atoms with Crippen LogP contribution in [0.25, 0.3) is 0 Å². The van der Waals surface area contributed by atoms with E-state index in [0.29, 0.717) is 12.2 Å². The van der Waals surface area contributed by atoms with Gasteiger partial charge in [-0.1, -0.05) is 19.1 Å². The third kappa shape index (κ3) is 3.24. The molecule has 7 nitrogen and oxygen atoms in total. The number of benzene rings is 1. The summed E-state index contributed by atoms with van der Waals surface area (Å²) in [6.07, 6.45) is 0. The largest absolute Gasteiger partial charge is 0.318 e. The van der Waals surface area contributed by atoms with Gasteiger partial charge in [0.15, 0.2) is 0 Å². The average molecular weight is 279 g/mol. The summed E-state index contributed by atoms with van der Waals surface area (Å²) in [5.41, 5.74) is 3.78. The third-order valence-corrected chi connectivity index (χ3v) is 3.78. The zero-order chi connectivity index (χ0) is 14.5. The molecular weight excluding hydrogens is 258 g/mol. The van der Waals surface area contributed by atoms with Crippen molar-refractivity contribution in [2.75, 3.05) is 38.1 Å². The summed E-state index contributed by atoms with van der Waals surface area (Å²) in [6, 6.07) is 5.05. The highest BCUT2D eigenvalue weighted by atomic mass is 16.6. The Bertz CT molecular complexity index is 472. The van der Waals surface area contributed by atoms with Gasteiger partial charge in [0, 0.05) is 38.8 Å². The van der Waals surface area contributed by atoms with E-state index in [0.717, 1.165) is 38.3 Å². The number of para-hydroxylation sites is 1. The zero-order valence-corrected chi connectivity index (χ0v) is 11.7. The number of hydrogen-bond donors (Lipinski definition) is 2. The molecule has 0 radical (unpaired) electrons. The van der Waals surface area contributed by atoms with Crippen LogP contribution in [0.4, 0.5) is 11.4 Å². The van der Waals surface area contributed by atoms with E-state index in [-0.39, 0.29) is 5.69 Å². The second-order valence-electron chi connectivity index (χ2n) is 4.92. The number of hydrazine groups is 1. The molecule has 1 saturated heterocycles. The molecule has 20 heavy (non-hydrogen) atoms. The quantitative estimate of drug-likeness (QED) is 0.475. The molecule has 0 amide bonds. The normalized spacial score (nSPS) is 17.1. The Hall–Kier alpha value is -1.70. The number of nitro groups is 1. The van der Waals surface area contributed by atoms with Gasteiger partial charge in [-0.15, -0.1) is 0 Å². The van der Waals surface area contributed by atoms with E-state index in [1.165, 1.54) is 6.07 Å². The molecule has 1 aliphatic heterocycles. The van der Waals surface area contributed by atoms with Crippen molar-refractivity contribution >= 4 is 11.4 Å². The lowest BCUT2D eigenvalue weighted by molar-refractivity contribution is -0.384. The molecule has 1 aromatic rings. The molecule has 2 rings (SSSR count). The van der Waals surface area contributed by atoms with Crippen LogP contribution in [-0.4, -0.2) is 47.4 Å². The molecule has 7 heteroatoms. The van der Waals surface area contributed by atoms with E-state index in [9.17, 15) is 10.1 Å². The Morgan fingerprint density at radius 1 is 1.30 bits per heavy atom. The summed E-state index contributed by atoms with van der Waals surface area (Å²) >= 11 is 0. The summed E-state index contributed by atoms with van der Waals surface area (Å²) in [5, 5.41) is 11.0. The monoisotopic (exact) mass is 279 g/mol. The maximum Gasteiger partial charge on any atom is 0.293 e. The minimum Gasteiger partial charge on any atom is -0.318 e. The predicted octanol–water partition coefficient (Wildman–Crippen LogP) is 1.02. The van der Waals surface area contributed by atoms with E-state index in [1.807, 2.05) is 6.07 Å². The lowest BCUT2D eigenvalue weighted by atomic mass is 10.1.